The van der Waals surface area contributed by atoms with E-state index in [0.29, 0.717) is 25.1 Å². The molecule has 1 N–H and O–H groups in total. The topological polar surface area (TPSA) is 88.6 Å². The van der Waals surface area contributed by atoms with Crippen molar-refractivity contribution in [1.29, 1.82) is 0 Å². The Labute approximate surface area is 184 Å². The zero-order valence-electron chi connectivity index (χ0n) is 17.2. The summed E-state index contributed by atoms with van der Waals surface area (Å²) in [6.45, 7) is 1.04. The van der Waals surface area contributed by atoms with Gasteiger partial charge in [0.05, 0.1) is 17.9 Å². The summed E-state index contributed by atoms with van der Waals surface area (Å²) in [5.74, 6) is -1.46. The van der Waals surface area contributed by atoms with E-state index in [1.54, 1.807) is 29.6 Å². The molecular formula is C25H21N3O4. The van der Waals surface area contributed by atoms with E-state index in [4.69, 9.17) is 4.42 Å². The van der Waals surface area contributed by atoms with E-state index in [2.05, 4.69) is 4.98 Å². The zero-order chi connectivity index (χ0) is 22.1. The lowest BCUT2D eigenvalue weighted by molar-refractivity contribution is -0.129. The fourth-order valence-electron chi connectivity index (χ4n) is 4.17. The van der Waals surface area contributed by atoms with E-state index >= 15 is 0 Å². The number of carbonyl (C=O) groups is 2. The van der Waals surface area contributed by atoms with Crippen molar-refractivity contribution in [2.24, 2.45) is 0 Å². The Balaban J connectivity index is 1.49. The second-order valence-electron chi connectivity index (χ2n) is 7.71. The molecule has 2 aromatic heterocycles. The lowest BCUT2D eigenvalue weighted by Gasteiger charge is -2.26. The van der Waals surface area contributed by atoms with Crippen LogP contribution in [0.25, 0.3) is 11.0 Å². The number of benzene rings is 2. The van der Waals surface area contributed by atoms with E-state index in [1.807, 2.05) is 59.3 Å². The molecule has 1 atom stereocenters. The Morgan fingerprint density at radius 1 is 1.06 bits per heavy atom. The summed E-state index contributed by atoms with van der Waals surface area (Å²) < 4.78 is 7.66. The zero-order valence-corrected chi connectivity index (χ0v) is 17.2. The predicted octanol–water partition coefficient (Wildman–Crippen LogP) is 4.30. The number of imidazole rings is 1. The molecule has 0 fully saturated rings. The summed E-state index contributed by atoms with van der Waals surface area (Å²) in [4.78, 5) is 32.1. The molecule has 160 valence electrons. The second kappa shape index (κ2) is 8.19. The number of aromatic nitrogens is 2. The van der Waals surface area contributed by atoms with Crippen molar-refractivity contribution in [3.05, 3.63) is 102 Å². The molecule has 7 heteroatoms. The van der Waals surface area contributed by atoms with Gasteiger partial charge in [0.25, 0.3) is 5.91 Å². The lowest BCUT2D eigenvalue weighted by Crippen LogP contribution is -2.32. The van der Waals surface area contributed by atoms with E-state index < -0.39 is 23.5 Å². The van der Waals surface area contributed by atoms with Crippen LogP contribution in [0, 0.1) is 0 Å². The molecule has 0 unspecified atom stereocenters. The summed E-state index contributed by atoms with van der Waals surface area (Å²) in [6, 6.07) is 17.5. The minimum atomic E-state index is -0.688. The number of rotatable bonds is 7. The molecule has 1 aliphatic rings. The number of furan rings is 1. The maximum absolute atomic E-state index is 13.5. The normalized spacial score (nSPS) is 16.3. The fourth-order valence-corrected chi connectivity index (χ4v) is 4.17. The number of ketones is 1. The van der Waals surface area contributed by atoms with Crippen LogP contribution in [0.3, 0.4) is 0 Å². The molecule has 0 saturated carbocycles. The number of hydrogen-bond acceptors (Lipinski definition) is 5. The Morgan fingerprint density at radius 3 is 2.59 bits per heavy atom. The Hall–Kier alpha value is -4.13. The molecule has 3 heterocycles. The van der Waals surface area contributed by atoms with Crippen molar-refractivity contribution < 1.29 is 19.1 Å². The number of aliphatic hydroxyl groups is 1. The van der Waals surface area contributed by atoms with Gasteiger partial charge in [0, 0.05) is 30.9 Å². The lowest BCUT2D eigenvalue weighted by atomic mass is 9.95. The number of carbonyl (C=O) groups excluding carboxylic acids is 2. The molecule has 0 aliphatic carbocycles. The summed E-state index contributed by atoms with van der Waals surface area (Å²) in [7, 11) is 0. The van der Waals surface area contributed by atoms with Gasteiger partial charge >= 0.3 is 0 Å². The number of para-hydroxylation sites is 1. The number of fused-ring (bicyclic) bond motifs is 1. The van der Waals surface area contributed by atoms with E-state index in [-0.39, 0.29) is 11.3 Å². The van der Waals surface area contributed by atoms with Gasteiger partial charge in [0.1, 0.15) is 5.58 Å². The van der Waals surface area contributed by atoms with Crippen LogP contribution < -0.4 is 0 Å². The fraction of sp³-hybridized carbons (Fsp3) is 0.160. The molecule has 0 spiro atoms. The third-order valence-corrected chi connectivity index (χ3v) is 5.69. The van der Waals surface area contributed by atoms with Crippen LogP contribution in [0.5, 0.6) is 0 Å². The standard InChI is InChI=1S/C25H21N3O4/c29-23(20-15-18-9-4-5-10-19(18)32-20)21-22(17-7-2-1-3-8-17)28(25(31)24(21)30)13-6-12-27-14-11-26-16-27/h1-5,7-11,14-16,22,30H,6,12-13H2/t22-/m1/s1. The molecular weight excluding hydrogens is 406 g/mol. The number of aryl methyl sites for hydroxylation is 1. The molecule has 2 aromatic carbocycles. The highest BCUT2D eigenvalue weighted by atomic mass is 16.3. The van der Waals surface area contributed by atoms with E-state index in [1.165, 1.54) is 0 Å². The van der Waals surface area contributed by atoms with Gasteiger partial charge in [-0.05, 0) is 24.1 Å². The first-order valence-electron chi connectivity index (χ1n) is 10.4. The first-order valence-corrected chi connectivity index (χ1v) is 10.4. The number of aliphatic hydroxyl groups excluding tert-OH is 1. The van der Waals surface area contributed by atoms with E-state index in [9.17, 15) is 14.7 Å². The Bertz CT molecular complexity index is 1270. The molecule has 0 radical (unpaired) electrons. The van der Waals surface area contributed by atoms with Gasteiger partial charge in [0.15, 0.2) is 11.5 Å². The van der Waals surface area contributed by atoms with Gasteiger partial charge in [-0.3, -0.25) is 9.59 Å². The number of nitrogens with zero attached hydrogens (tertiary/aromatic N) is 3. The van der Waals surface area contributed by atoms with Crippen LogP contribution in [-0.4, -0.2) is 37.8 Å². The monoisotopic (exact) mass is 427 g/mol. The molecule has 7 nitrogen and oxygen atoms in total. The first kappa shape index (κ1) is 19.8. The highest BCUT2D eigenvalue weighted by Gasteiger charge is 2.44. The van der Waals surface area contributed by atoms with Crippen LogP contribution in [0.15, 0.2) is 95.1 Å². The summed E-state index contributed by atoms with van der Waals surface area (Å²) in [5.41, 5.74) is 1.38. The van der Waals surface area contributed by atoms with Crippen molar-refractivity contribution in [2.45, 2.75) is 19.0 Å². The molecule has 0 saturated heterocycles. The maximum atomic E-state index is 13.5. The van der Waals surface area contributed by atoms with Gasteiger partial charge in [-0.1, -0.05) is 48.5 Å². The predicted molar refractivity (Wildman–Crippen MR) is 118 cm³/mol. The Morgan fingerprint density at radius 2 is 1.84 bits per heavy atom. The van der Waals surface area contributed by atoms with Crippen LogP contribution in [0.4, 0.5) is 0 Å². The van der Waals surface area contributed by atoms with Crippen molar-refractivity contribution >= 4 is 22.7 Å². The third-order valence-electron chi connectivity index (χ3n) is 5.69. The maximum Gasteiger partial charge on any atom is 0.290 e. The molecule has 32 heavy (non-hydrogen) atoms. The van der Waals surface area contributed by atoms with Crippen molar-refractivity contribution in [3.63, 3.8) is 0 Å². The van der Waals surface area contributed by atoms with Gasteiger partial charge in [-0.25, -0.2) is 4.98 Å². The highest BCUT2D eigenvalue weighted by molar-refractivity contribution is 6.16. The van der Waals surface area contributed by atoms with Crippen LogP contribution in [0.1, 0.15) is 28.6 Å². The van der Waals surface area contributed by atoms with Crippen molar-refractivity contribution in [3.8, 4) is 0 Å². The average Bonchev–Trinajstić information content (AvgIpc) is 3.54. The molecule has 1 aliphatic heterocycles. The minimum Gasteiger partial charge on any atom is -0.503 e. The van der Waals surface area contributed by atoms with Crippen LogP contribution >= 0.6 is 0 Å². The quantitative estimate of drug-likeness (QED) is 0.444. The molecule has 0 bridgehead atoms. The van der Waals surface area contributed by atoms with E-state index in [0.717, 1.165) is 10.9 Å². The molecule has 1 amide bonds. The summed E-state index contributed by atoms with van der Waals surface area (Å²) in [6.07, 6.45) is 5.91. The third kappa shape index (κ3) is 3.47. The second-order valence-corrected chi connectivity index (χ2v) is 7.71. The number of amides is 1. The van der Waals surface area contributed by atoms with Crippen LogP contribution in [0.2, 0.25) is 0 Å². The molecule has 5 rings (SSSR count). The van der Waals surface area contributed by atoms with Gasteiger partial charge in [-0.15, -0.1) is 0 Å². The number of hydrogen-bond donors (Lipinski definition) is 1. The smallest absolute Gasteiger partial charge is 0.290 e. The highest BCUT2D eigenvalue weighted by Crippen LogP contribution is 2.39. The SMILES string of the molecule is O=C(C1=C(O)C(=O)N(CCCn2ccnc2)[C@@H]1c1ccccc1)c1cc2ccccc2o1. The largest absolute Gasteiger partial charge is 0.503 e. The van der Waals surface area contributed by atoms with Gasteiger partial charge in [0.2, 0.25) is 5.78 Å². The Kier molecular flexibility index (Phi) is 5.07. The van der Waals surface area contributed by atoms with Crippen molar-refractivity contribution in [1.82, 2.24) is 14.5 Å². The number of Topliss-reactive ketones (excluding diaryl/α,β-unsaturated/α-hetero) is 1. The minimum absolute atomic E-state index is 0.0443. The van der Waals surface area contributed by atoms with Gasteiger partial charge < -0.3 is 19.0 Å². The van der Waals surface area contributed by atoms with Crippen LogP contribution in [-0.2, 0) is 11.3 Å². The molecule has 4 aromatic rings. The first-order chi connectivity index (χ1) is 15.6. The van der Waals surface area contributed by atoms with Gasteiger partial charge in [-0.2, -0.15) is 0 Å². The summed E-state index contributed by atoms with van der Waals surface area (Å²) in [5, 5.41) is 11.5. The van der Waals surface area contributed by atoms with Crippen molar-refractivity contribution in [2.75, 3.05) is 6.54 Å². The average molecular weight is 427 g/mol. The summed E-state index contributed by atoms with van der Waals surface area (Å²) >= 11 is 0.